The number of likely N-dealkylation sites (tertiary alicyclic amines) is 1. The van der Waals surface area contributed by atoms with Crippen LogP contribution in [-0.2, 0) is 9.53 Å². The van der Waals surface area contributed by atoms with E-state index in [4.69, 9.17) is 14.2 Å². The van der Waals surface area contributed by atoms with E-state index in [1.807, 2.05) is 0 Å². The third-order valence-electron chi connectivity index (χ3n) is 4.41. The summed E-state index contributed by atoms with van der Waals surface area (Å²) in [5.41, 5.74) is -0.711. The fourth-order valence-electron chi connectivity index (χ4n) is 3.10. The largest absolute Gasteiger partial charge is 0.486 e. The molecule has 1 saturated heterocycles. The lowest BCUT2D eigenvalue weighted by atomic mass is 10.0. The number of ether oxygens (including phenoxy) is 3. The highest BCUT2D eigenvalue weighted by molar-refractivity contribution is 5.96. The van der Waals surface area contributed by atoms with Crippen LogP contribution < -0.4 is 9.47 Å². The van der Waals surface area contributed by atoms with E-state index in [0.29, 0.717) is 19.0 Å². The van der Waals surface area contributed by atoms with Gasteiger partial charge in [0.1, 0.15) is 18.8 Å². The van der Waals surface area contributed by atoms with E-state index in [1.165, 1.54) is 6.07 Å². The van der Waals surface area contributed by atoms with E-state index in [2.05, 4.69) is 6.92 Å². The van der Waals surface area contributed by atoms with Crippen LogP contribution in [0.25, 0.3) is 0 Å². The van der Waals surface area contributed by atoms with Crippen molar-refractivity contribution in [1.29, 1.82) is 0 Å². The minimum absolute atomic E-state index is 0.206. The van der Waals surface area contributed by atoms with E-state index in [0.717, 1.165) is 18.9 Å². The molecular formula is C17H20N2O7. The van der Waals surface area contributed by atoms with Crippen molar-refractivity contribution in [2.75, 3.05) is 32.9 Å². The molecule has 2 aliphatic heterocycles. The van der Waals surface area contributed by atoms with Crippen molar-refractivity contribution in [2.45, 2.75) is 19.8 Å². The number of nitro groups is 1. The Balaban J connectivity index is 1.71. The zero-order valence-corrected chi connectivity index (χ0v) is 14.4. The first-order valence-corrected chi connectivity index (χ1v) is 8.48. The third-order valence-corrected chi connectivity index (χ3v) is 4.41. The molecule has 26 heavy (non-hydrogen) atoms. The van der Waals surface area contributed by atoms with Gasteiger partial charge in [0.15, 0.2) is 18.1 Å². The molecule has 0 spiro atoms. The Morgan fingerprint density at radius 3 is 2.65 bits per heavy atom. The van der Waals surface area contributed by atoms with Crippen molar-refractivity contribution in [3.63, 3.8) is 0 Å². The van der Waals surface area contributed by atoms with Gasteiger partial charge in [0.25, 0.3) is 11.6 Å². The van der Waals surface area contributed by atoms with E-state index < -0.39 is 23.2 Å². The minimum atomic E-state index is -0.938. The van der Waals surface area contributed by atoms with Gasteiger partial charge < -0.3 is 19.1 Å². The first-order valence-electron chi connectivity index (χ1n) is 8.48. The van der Waals surface area contributed by atoms with Crippen molar-refractivity contribution in [3.05, 3.63) is 27.8 Å². The average Bonchev–Trinajstić information content (AvgIpc) is 2.64. The highest BCUT2D eigenvalue weighted by Crippen LogP contribution is 2.36. The molecule has 0 radical (unpaired) electrons. The summed E-state index contributed by atoms with van der Waals surface area (Å²) in [6, 6.07) is 2.36. The second kappa shape index (κ2) is 7.59. The van der Waals surface area contributed by atoms with Crippen LogP contribution in [0.15, 0.2) is 12.1 Å². The van der Waals surface area contributed by atoms with Crippen LogP contribution in [0.3, 0.4) is 0 Å². The predicted octanol–water partition coefficient (Wildman–Crippen LogP) is 1.78. The smallest absolute Gasteiger partial charge is 0.345 e. The molecule has 2 aliphatic rings. The molecule has 9 nitrogen and oxygen atoms in total. The number of esters is 1. The van der Waals surface area contributed by atoms with Crippen LogP contribution in [0.4, 0.5) is 5.69 Å². The Labute approximate surface area is 150 Å². The Morgan fingerprint density at radius 2 is 2.00 bits per heavy atom. The summed E-state index contributed by atoms with van der Waals surface area (Å²) in [7, 11) is 0. The van der Waals surface area contributed by atoms with Gasteiger partial charge >= 0.3 is 5.97 Å². The number of hydrogen-bond donors (Lipinski definition) is 0. The molecule has 0 aromatic heterocycles. The van der Waals surface area contributed by atoms with E-state index in [9.17, 15) is 19.7 Å². The van der Waals surface area contributed by atoms with Crippen molar-refractivity contribution in [3.8, 4) is 11.5 Å². The zero-order chi connectivity index (χ0) is 18.7. The van der Waals surface area contributed by atoms with Gasteiger partial charge in [-0.25, -0.2) is 4.79 Å². The number of rotatable bonds is 4. The Kier molecular flexibility index (Phi) is 5.24. The van der Waals surface area contributed by atoms with E-state index >= 15 is 0 Å². The van der Waals surface area contributed by atoms with Gasteiger partial charge in [-0.05, 0) is 18.8 Å². The van der Waals surface area contributed by atoms with Crippen molar-refractivity contribution in [2.24, 2.45) is 5.92 Å². The summed E-state index contributed by atoms with van der Waals surface area (Å²) in [5.74, 6) is -0.387. The van der Waals surface area contributed by atoms with Crippen LogP contribution in [0.1, 0.15) is 30.1 Å². The number of fused-ring (bicyclic) bond motifs is 1. The van der Waals surface area contributed by atoms with Crippen molar-refractivity contribution >= 4 is 17.6 Å². The summed E-state index contributed by atoms with van der Waals surface area (Å²) in [5, 5.41) is 11.3. The lowest BCUT2D eigenvalue weighted by Gasteiger charge is -2.30. The highest BCUT2D eigenvalue weighted by Gasteiger charge is 2.28. The SMILES string of the molecule is C[C@H]1CCCN(C(=O)COC(=O)c2cc3c(cc2[N+](=O)[O-])OCCO3)C1. The van der Waals surface area contributed by atoms with E-state index in [-0.39, 0.29) is 36.2 Å². The molecule has 1 amide bonds. The molecule has 1 aromatic rings. The van der Waals surface area contributed by atoms with Crippen molar-refractivity contribution in [1.82, 2.24) is 4.90 Å². The molecule has 140 valence electrons. The van der Waals surface area contributed by atoms with Gasteiger partial charge in [-0.3, -0.25) is 14.9 Å². The van der Waals surface area contributed by atoms with Gasteiger partial charge in [-0.15, -0.1) is 0 Å². The number of hydrogen-bond acceptors (Lipinski definition) is 7. The standard InChI is InChI=1S/C17H20N2O7/c1-11-3-2-4-18(9-11)16(20)10-26-17(21)12-7-14-15(25-6-5-24-14)8-13(12)19(22)23/h7-8,11H,2-6,9-10H2,1H3/t11-/m0/s1. The Morgan fingerprint density at radius 1 is 1.31 bits per heavy atom. The third kappa shape index (κ3) is 3.87. The lowest BCUT2D eigenvalue weighted by molar-refractivity contribution is -0.385. The van der Waals surface area contributed by atoms with Gasteiger partial charge in [0.05, 0.1) is 11.0 Å². The monoisotopic (exact) mass is 364 g/mol. The molecule has 2 heterocycles. The second-order valence-electron chi connectivity index (χ2n) is 6.43. The summed E-state index contributed by atoms with van der Waals surface area (Å²) < 4.78 is 15.7. The fraction of sp³-hybridized carbons (Fsp3) is 0.529. The minimum Gasteiger partial charge on any atom is -0.486 e. The summed E-state index contributed by atoms with van der Waals surface area (Å²) in [6.45, 7) is 3.42. The van der Waals surface area contributed by atoms with Gasteiger partial charge in [0.2, 0.25) is 0 Å². The molecule has 0 bridgehead atoms. The molecule has 9 heteroatoms. The van der Waals surface area contributed by atoms with Gasteiger partial charge in [-0.2, -0.15) is 0 Å². The topological polar surface area (TPSA) is 108 Å². The number of nitrogens with zero attached hydrogens (tertiary/aromatic N) is 2. The highest BCUT2D eigenvalue weighted by atomic mass is 16.6. The number of piperidine rings is 1. The molecule has 3 rings (SSSR count). The lowest BCUT2D eigenvalue weighted by Crippen LogP contribution is -2.41. The predicted molar refractivity (Wildman–Crippen MR) is 89.3 cm³/mol. The maximum Gasteiger partial charge on any atom is 0.345 e. The van der Waals surface area contributed by atoms with Crippen LogP contribution in [-0.4, -0.2) is 54.6 Å². The molecule has 0 aliphatic carbocycles. The number of benzene rings is 1. The average molecular weight is 364 g/mol. The van der Waals surface area contributed by atoms with Crippen LogP contribution in [0, 0.1) is 16.0 Å². The normalized spacial score (nSPS) is 19.0. The molecule has 1 fully saturated rings. The summed E-state index contributed by atoms with van der Waals surface area (Å²) >= 11 is 0. The number of nitro benzene ring substituents is 1. The fourth-order valence-corrected chi connectivity index (χ4v) is 3.10. The quantitative estimate of drug-likeness (QED) is 0.455. The summed E-state index contributed by atoms with van der Waals surface area (Å²) in [4.78, 5) is 36.7. The van der Waals surface area contributed by atoms with E-state index in [1.54, 1.807) is 4.90 Å². The van der Waals surface area contributed by atoms with Crippen molar-refractivity contribution < 1.29 is 28.7 Å². The van der Waals surface area contributed by atoms with Crippen LogP contribution in [0.2, 0.25) is 0 Å². The number of amides is 1. The van der Waals surface area contributed by atoms with Gasteiger partial charge in [0, 0.05) is 19.2 Å². The molecule has 1 aromatic carbocycles. The maximum absolute atomic E-state index is 12.3. The van der Waals surface area contributed by atoms with Crippen LogP contribution >= 0.6 is 0 Å². The molecule has 0 unspecified atom stereocenters. The number of carbonyl (C=O) groups excluding carboxylic acids is 2. The second-order valence-corrected chi connectivity index (χ2v) is 6.43. The molecular weight excluding hydrogens is 344 g/mol. The Hall–Kier alpha value is -2.84. The molecule has 1 atom stereocenters. The van der Waals surface area contributed by atoms with Gasteiger partial charge in [-0.1, -0.05) is 6.92 Å². The molecule has 0 N–H and O–H groups in total. The maximum atomic E-state index is 12.3. The number of carbonyl (C=O) groups is 2. The zero-order valence-electron chi connectivity index (χ0n) is 14.4. The molecule has 0 saturated carbocycles. The first-order chi connectivity index (χ1) is 12.5. The summed E-state index contributed by atoms with van der Waals surface area (Å²) in [6.07, 6.45) is 1.97. The first kappa shape index (κ1) is 18.0. The van der Waals surface area contributed by atoms with Crippen LogP contribution in [0.5, 0.6) is 11.5 Å². The Bertz CT molecular complexity index is 734.